The average Bonchev–Trinajstić information content (AvgIpc) is 3.87. The number of carbonyl (C=O) groups is 3. The van der Waals surface area contributed by atoms with Crippen molar-refractivity contribution >= 4 is 29.1 Å². The van der Waals surface area contributed by atoms with E-state index in [9.17, 15) is 23.9 Å². The van der Waals surface area contributed by atoms with Crippen LogP contribution in [0, 0.1) is 25.2 Å². The Kier molecular flexibility index (Phi) is 14.3. The minimum atomic E-state index is -2.56. The van der Waals surface area contributed by atoms with Crippen LogP contribution in [-0.2, 0) is 57.7 Å². The molecule has 74 heavy (non-hydrogen) atoms. The molecule has 2 fully saturated rings. The molecule has 6 heterocycles. The van der Waals surface area contributed by atoms with Gasteiger partial charge in [0.2, 0.25) is 5.91 Å². The third-order valence-electron chi connectivity index (χ3n) is 16.4. The van der Waals surface area contributed by atoms with Gasteiger partial charge in [0, 0.05) is 113 Å². The molecular formula is C60H66F2N8O4. The Morgan fingerprint density at radius 3 is 2.15 bits per heavy atom. The van der Waals surface area contributed by atoms with E-state index in [1.165, 1.54) is 24.1 Å². The number of nitriles is 1. The number of carbonyl (C=O) groups excluding carboxylic acids is 3. The normalized spacial score (nSPS) is 17.9. The lowest BCUT2D eigenvalue weighted by molar-refractivity contribution is -0.131. The highest BCUT2D eigenvalue weighted by Gasteiger charge is 2.37. The van der Waals surface area contributed by atoms with Gasteiger partial charge in [-0.25, -0.2) is 8.78 Å². The molecule has 6 aromatic rings. The summed E-state index contributed by atoms with van der Waals surface area (Å²) in [5, 5.41) is 20.3. The summed E-state index contributed by atoms with van der Waals surface area (Å²) < 4.78 is 31.1. The molecule has 0 saturated carbocycles. The van der Waals surface area contributed by atoms with Gasteiger partial charge in [-0.05, 0) is 141 Å². The number of phenols is 1. The predicted molar refractivity (Wildman–Crippen MR) is 283 cm³/mol. The van der Waals surface area contributed by atoms with E-state index in [1.54, 1.807) is 34.7 Å². The zero-order valence-corrected chi connectivity index (χ0v) is 43.0. The van der Waals surface area contributed by atoms with E-state index in [2.05, 4.69) is 45.0 Å². The Labute approximate surface area is 433 Å². The number of aromatic hydroxyl groups is 1. The lowest BCUT2D eigenvalue weighted by atomic mass is 9.89. The largest absolute Gasteiger partial charge is 0.508 e. The molecule has 1 atom stereocenters. The summed E-state index contributed by atoms with van der Waals surface area (Å²) in [4.78, 5) is 55.3. The number of hydrogen-bond acceptors (Lipinski definition) is 7. The highest BCUT2D eigenvalue weighted by molar-refractivity contribution is 6.13. The average molecular weight is 1000 g/mol. The van der Waals surface area contributed by atoms with Gasteiger partial charge in [0.15, 0.2) is 0 Å². The number of piperidine rings is 2. The van der Waals surface area contributed by atoms with Gasteiger partial charge in [-0.2, -0.15) is 5.26 Å². The van der Waals surface area contributed by atoms with Crippen LogP contribution in [0.2, 0.25) is 0 Å². The number of fused-ring (bicyclic) bond motifs is 2. The lowest BCUT2D eigenvalue weighted by Gasteiger charge is -2.41. The predicted octanol–water partition coefficient (Wildman–Crippen LogP) is 9.66. The summed E-state index contributed by atoms with van der Waals surface area (Å²) in [6.45, 7) is 9.38. The van der Waals surface area contributed by atoms with E-state index in [1.807, 2.05) is 72.8 Å². The number of alkyl halides is 2. The Morgan fingerprint density at radius 1 is 0.743 bits per heavy atom. The number of amides is 3. The third-order valence-corrected chi connectivity index (χ3v) is 16.4. The van der Waals surface area contributed by atoms with Crippen LogP contribution in [-0.4, -0.2) is 109 Å². The molecule has 4 aromatic carbocycles. The van der Waals surface area contributed by atoms with E-state index < -0.39 is 5.92 Å². The number of aromatic nitrogens is 2. The molecule has 4 aliphatic rings. The van der Waals surface area contributed by atoms with Crippen molar-refractivity contribution in [2.75, 3.05) is 50.7 Å². The molecule has 3 amide bonds. The van der Waals surface area contributed by atoms with Crippen molar-refractivity contribution in [3.8, 4) is 23.1 Å². The number of phenolic OH excluding ortho intramolecular Hbond substituents is 1. The van der Waals surface area contributed by atoms with E-state index in [0.29, 0.717) is 90.0 Å². The minimum Gasteiger partial charge on any atom is -0.508 e. The molecule has 384 valence electrons. The summed E-state index contributed by atoms with van der Waals surface area (Å²) >= 11 is 0. The second-order valence-corrected chi connectivity index (χ2v) is 21.0. The number of halogens is 2. The number of likely N-dealkylation sites (tertiary alicyclic amines) is 2. The molecule has 0 unspecified atom stereocenters. The van der Waals surface area contributed by atoms with Crippen molar-refractivity contribution in [1.29, 1.82) is 5.26 Å². The zero-order valence-electron chi connectivity index (χ0n) is 43.0. The summed E-state index contributed by atoms with van der Waals surface area (Å²) in [5.41, 5.74) is 11.6. The van der Waals surface area contributed by atoms with Crippen LogP contribution in [0.1, 0.15) is 103 Å². The Morgan fingerprint density at radius 2 is 1.45 bits per heavy atom. The second kappa shape index (κ2) is 21.0. The topological polar surface area (TPSA) is 121 Å². The second-order valence-electron chi connectivity index (χ2n) is 21.0. The molecular weight excluding hydrogens is 935 g/mol. The SMILES string of the molecule is Cc1c(N(C(=O)c2cc(-c3cc4c(cc3C(=O)N3Cc5ccccc5C[C@H]3CN3CCCCC3)CN(C(=O)Cc3ccc(CCN5CCC(F)(F)CC5)cc3)CC4)n(C)c2C)c2ccc(O)cc2)cc(C#N)n1C. The monoisotopic (exact) mass is 1000 g/mol. The van der Waals surface area contributed by atoms with Crippen molar-refractivity contribution < 1.29 is 28.3 Å². The smallest absolute Gasteiger partial charge is 0.264 e. The van der Waals surface area contributed by atoms with Crippen molar-refractivity contribution in [2.24, 2.45) is 14.1 Å². The third kappa shape index (κ3) is 10.4. The van der Waals surface area contributed by atoms with E-state index in [0.717, 1.165) is 79.7 Å². The number of benzene rings is 4. The van der Waals surface area contributed by atoms with Crippen molar-refractivity contribution in [2.45, 2.75) is 96.7 Å². The first-order chi connectivity index (χ1) is 35.6. The van der Waals surface area contributed by atoms with Gasteiger partial charge in [-0.15, -0.1) is 0 Å². The molecule has 4 aliphatic heterocycles. The Balaban J connectivity index is 0.982. The fourth-order valence-corrected chi connectivity index (χ4v) is 11.6. The maximum atomic E-state index is 15.8. The van der Waals surface area contributed by atoms with Gasteiger partial charge in [0.1, 0.15) is 17.5 Å². The first-order valence-corrected chi connectivity index (χ1v) is 26.2. The first-order valence-electron chi connectivity index (χ1n) is 26.2. The fourth-order valence-electron chi connectivity index (χ4n) is 11.6. The Bertz CT molecular complexity index is 3120. The number of anilines is 2. The van der Waals surface area contributed by atoms with Gasteiger partial charge in [0.05, 0.1) is 17.7 Å². The summed E-state index contributed by atoms with van der Waals surface area (Å²) in [5.74, 6) is -2.93. The zero-order chi connectivity index (χ0) is 51.8. The van der Waals surface area contributed by atoms with E-state index in [-0.39, 0.29) is 48.8 Å². The highest BCUT2D eigenvalue weighted by Crippen LogP contribution is 2.39. The van der Waals surface area contributed by atoms with Crippen LogP contribution in [0.25, 0.3) is 11.3 Å². The summed E-state index contributed by atoms with van der Waals surface area (Å²) in [7, 11) is 3.71. The summed E-state index contributed by atoms with van der Waals surface area (Å²) in [6, 6.07) is 32.7. The molecule has 0 spiro atoms. The van der Waals surface area contributed by atoms with Crippen LogP contribution in [0.5, 0.6) is 5.75 Å². The molecule has 1 N–H and O–H groups in total. The summed E-state index contributed by atoms with van der Waals surface area (Å²) in [6.07, 6.45) is 5.60. The molecule has 2 aromatic heterocycles. The molecule has 0 radical (unpaired) electrons. The molecule has 14 heteroatoms. The first kappa shape index (κ1) is 50.5. The number of rotatable bonds is 12. The molecule has 0 aliphatic carbocycles. The Hall–Kier alpha value is -7.08. The maximum absolute atomic E-state index is 15.8. The van der Waals surface area contributed by atoms with Gasteiger partial charge < -0.3 is 33.8 Å². The van der Waals surface area contributed by atoms with Gasteiger partial charge in [-0.1, -0.05) is 55.0 Å². The van der Waals surface area contributed by atoms with Gasteiger partial charge in [-0.3, -0.25) is 19.3 Å². The van der Waals surface area contributed by atoms with Crippen molar-refractivity contribution in [3.05, 3.63) is 159 Å². The number of hydrogen-bond donors (Lipinski definition) is 1. The minimum absolute atomic E-state index is 0.00114. The van der Waals surface area contributed by atoms with Crippen LogP contribution >= 0.6 is 0 Å². The van der Waals surface area contributed by atoms with Crippen molar-refractivity contribution in [1.82, 2.24) is 28.7 Å². The maximum Gasteiger partial charge on any atom is 0.264 e. The van der Waals surface area contributed by atoms with Gasteiger partial charge >= 0.3 is 0 Å². The van der Waals surface area contributed by atoms with Crippen LogP contribution in [0.15, 0.2) is 97.1 Å². The van der Waals surface area contributed by atoms with Gasteiger partial charge in [0.25, 0.3) is 17.7 Å². The lowest BCUT2D eigenvalue weighted by Crippen LogP contribution is -2.51. The molecule has 0 bridgehead atoms. The number of nitrogens with zero attached hydrogens (tertiary/aromatic N) is 8. The van der Waals surface area contributed by atoms with Crippen LogP contribution in [0.3, 0.4) is 0 Å². The molecule has 12 nitrogen and oxygen atoms in total. The highest BCUT2D eigenvalue weighted by atomic mass is 19.3. The van der Waals surface area contributed by atoms with E-state index in [4.69, 9.17) is 0 Å². The van der Waals surface area contributed by atoms with Crippen LogP contribution < -0.4 is 4.90 Å². The molecule has 2 saturated heterocycles. The van der Waals surface area contributed by atoms with Crippen LogP contribution in [0.4, 0.5) is 20.2 Å². The van der Waals surface area contributed by atoms with E-state index >= 15 is 9.59 Å². The van der Waals surface area contributed by atoms with Crippen molar-refractivity contribution in [3.63, 3.8) is 0 Å². The standard InChI is InChI=1S/C60H66F2N8O4/c1-40-52(59(74)70(48-16-18-51(71)19-17-48)55-34-49(36-63)64(3)41(55)2)35-56(65(40)4)53-32-45-21-27-68(57(72)30-43-14-12-42(13-15-43)20-26-66-28-22-60(61,62)23-29-66)37-47(45)33-54(53)58(73)69-38-46-11-7-6-10-44(46)31-50(69)39-67-24-8-5-9-25-67/h6-7,10-19,32-35,50,71H,5,8-9,20-31,37-39H2,1-4H3/t50-/m0/s1. The quantitative estimate of drug-likeness (QED) is 0.130. The fraction of sp³-hybridized carbons (Fsp3) is 0.400. The molecule has 10 rings (SSSR count).